The van der Waals surface area contributed by atoms with E-state index in [0.717, 1.165) is 101 Å². The molecule has 13 rings (SSSR count). The molecule has 0 fully saturated rings. The first-order valence-electron chi connectivity index (χ1n) is 27.1. The monoisotopic (exact) mass is 1020 g/mol. The predicted octanol–water partition coefficient (Wildman–Crippen LogP) is 20.1. The average molecular weight is 1020 g/mol. The smallest absolute Gasteiger partial charge is 0.160 e. The van der Waals surface area contributed by atoms with Gasteiger partial charge in [-0.1, -0.05) is 170 Å². The van der Waals surface area contributed by atoms with Gasteiger partial charge >= 0.3 is 0 Å². The Morgan fingerprint density at radius 1 is 0.291 bits per heavy atom. The van der Waals surface area contributed by atoms with Crippen molar-refractivity contribution in [1.82, 2.24) is 14.5 Å². The van der Waals surface area contributed by atoms with Gasteiger partial charge in [-0.05, 0) is 175 Å². The topological polar surface area (TPSA) is 37.2 Å². The molecule has 0 unspecified atom stereocenters. The molecule has 0 N–H and O–H groups in total. The van der Waals surface area contributed by atoms with Crippen molar-refractivity contribution >= 4 is 55.9 Å². The molecule has 0 saturated carbocycles. The summed E-state index contributed by atoms with van der Waals surface area (Å²) < 4.78 is 2.42. The summed E-state index contributed by atoms with van der Waals surface area (Å²) in [5.74, 6) is 0.739. The first-order valence-corrected chi connectivity index (χ1v) is 27.1. The van der Waals surface area contributed by atoms with Gasteiger partial charge in [-0.15, -0.1) is 0 Å². The third-order valence-electron chi connectivity index (χ3n) is 15.3. The molecule has 378 valence electrons. The number of para-hydroxylation sites is 4. The standard InChI is InChI=1S/C74H57N5/c1-50-21-17-19-31-65(50)69-49-70(76-74(75-69)66-32-20-18-22-51(66)2)73-52(3)45-57(46-53(73)4)56-35-33-54(34-36-56)55-37-39-62(40-38-55)79-71-43-41-63(77(58-23-9-5-10-24-58)59-25-11-6-12-26-59)47-67(71)68-48-64(42-44-72(68)79)78(60-27-13-7-14-28-60)61-29-15-8-16-30-61/h5-49H,1-4H3. The Morgan fingerprint density at radius 2 is 0.671 bits per heavy atom. The Bertz CT molecular complexity index is 4020. The second kappa shape index (κ2) is 20.8. The molecule has 2 aromatic heterocycles. The third kappa shape index (κ3) is 9.32. The number of hydrogen-bond donors (Lipinski definition) is 0. The van der Waals surface area contributed by atoms with E-state index in [0.29, 0.717) is 0 Å². The minimum atomic E-state index is 0.739. The minimum absolute atomic E-state index is 0.739. The van der Waals surface area contributed by atoms with Crippen LogP contribution >= 0.6 is 0 Å². The molecule has 79 heavy (non-hydrogen) atoms. The van der Waals surface area contributed by atoms with E-state index in [1.54, 1.807) is 0 Å². The molecule has 0 radical (unpaired) electrons. The maximum absolute atomic E-state index is 5.26. The van der Waals surface area contributed by atoms with Crippen LogP contribution in [0, 0.1) is 27.7 Å². The Labute approximate surface area is 462 Å². The zero-order valence-electron chi connectivity index (χ0n) is 44.7. The molecular formula is C74H57N5. The first-order chi connectivity index (χ1) is 38.8. The molecule has 0 aliphatic rings. The molecule has 0 aliphatic carbocycles. The van der Waals surface area contributed by atoms with Crippen molar-refractivity contribution in [1.29, 1.82) is 0 Å². The van der Waals surface area contributed by atoms with Crippen LogP contribution in [-0.4, -0.2) is 14.5 Å². The van der Waals surface area contributed by atoms with E-state index in [9.17, 15) is 0 Å². The molecular weight excluding hydrogens is 959 g/mol. The summed E-state index contributed by atoms with van der Waals surface area (Å²) in [6.45, 7) is 8.68. The van der Waals surface area contributed by atoms with Crippen LogP contribution in [0.2, 0.25) is 0 Å². The summed E-state index contributed by atoms with van der Waals surface area (Å²) in [6.07, 6.45) is 0. The van der Waals surface area contributed by atoms with Crippen LogP contribution in [0.4, 0.5) is 34.1 Å². The Balaban J connectivity index is 0.859. The van der Waals surface area contributed by atoms with E-state index >= 15 is 0 Å². The molecule has 0 bridgehead atoms. The second-order valence-electron chi connectivity index (χ2n) is 20.5. The number of fused-ring (bicyclic) bond motifs is 3. The molecule has 11 aromatic carbocycles. The number of benzene rings is 11. The lowest BCUT2D eigenvalue weighted by Crippen LogP contribution is -2.09. The lowest BCUT2D eigenvalue weighted by atomic mass is 9.92. The minimum Gasteiger partial charge on any atom is -0.310 e. The molecule has 0 spiro atoms. The highest BCUT2D eigenvalue weighted by atomic mass is 15.1. The van der Waals surface area contributed by atoms with Crippen LogP contribution in [0.25, 0.3) is 83.6 Å². The van der Waals surface area contributed by atoms with Crippen LogP contribution < -0.4 is 9.80 Å². The van der Waals surface area contributed by atoms with Gasteiger partial charge in [0.25, 0.3) is 0 Å². The van der Waals surface area contributed by atoms with E-state index in [4.69, 9.17) is 9.97 Å². The van der Waals surface area contributed by atoms with Crippen molar-refractivity contribution in [3.05, 3.63) is 295 Å². The average Bonchev–Trinajstić information content (AvgIpc) is 3.98. The van der Waals surface area contributed by atoms with Crippen molar-refractivity contribution < 1.29 is 0 Å². The predicted molar refractivity (Wildman–Crippen MR) is 332 cm³/mol. The molecule has 13 aromatic rings. The van der Waals surface area contributed by atoms with Gasteiger partial charge in [-0.3, -0.25) is 0 Å². The highest BCUT2D eigenvalue weighted by molar-refractivity contribution is 6.12. The first kappa shape index (κ1) is 48.5. The van der Waals surface area contributed by atoms with Crippen LogP contribution in [0.15, 0.2) is 273 Å². The highest BCUT2D eigenvalue weighted by Crippen LogP contribution is 2.44. The molecule has 0 saturated heterocycles. The fraction of sp³-hybridized carbons (Fsp3) is 0.0541. The van der Waals surface area contributed by atoms with E-state index < -0.39 is 0 Å². The van der Waals surface area contributed by atoms with Gasteiger partial charge in [0.1, 0.15) is 0 Å². The molecule has 5 heteroatoms. The third-order valence-corrected chi connectivity index (χ3v) is 15.3. The second-order valence-corrected chi connectivity index (χ2v) is 20.5. The SMILES string of the molecule is Cc1ccccc1-c1cc(-c2c(C)cc(-c3ccc(-c4ccc(-n5c6ccc(N(c7ccccc7)c7ccccc7)cc6c6cc(N(c7ccccc7)c7ccccc7)ccc65)cc4)cc3)cc2C)nc(-c2ccccc2C)n1. The van der Waals surface area contributed by atoms with Gasteiger partial charge in [-0.25, -0.2) is 9.97 Å². The summed E-state index contributed by atoms with van der Waals surface area (Å²) in [5, 5.41) is 2.34. The van der Waals surface area contributed by atoms with Gasteiger partial charge in [0, 0.05) is 67.3 Å². The summed E-state index contributed by atoms with van der Waals surface area (Å²) in [4.78, 5) is 15.1. The molecule has 0 amide bonds. The summed E-state index contributed by atoms with van der Waals surface area (Å²) in [7, 11) is 0. The van der Waals surface area contributed by atoms with Gasteiger partial charge in [0.2, 0.25) is 0 Å². The normalized spacial score (nSPS) is 11.3. The molecule has 5 nitrogen and oxygen atoms in total. The van der Waals surface area contributed by atoms with Crippen LogP contribution in [-0.2, 0) is 0 Å². The van der Waals surface area contributed by atoms with E-state index in [2.05, 4.69) is 315 Å². The number of nitrogens with zero attached hydrogens (tertiary/aromatic N) is 5. The summed E-state index contributed by atoms with van der Waals surface area (Å²) in [5.41, 5.74) is 24.4. The van der Waals surface area contributed by atoms with Gasteiger partial charge in [0.05, 0.1) is 22.4 Å². The maximum atomic E-state index is 5.26. The zero-order valence-corrected chi connectivity index (χ0v) is 44.7. The van der Waals surface area contributed by atoms with Crippen LogP contribution in [0.1, 0.15) is 22.3 Å². The van der Waals surface area contributed by atoms with Gasteiger partial charge < -0.3 is 14.4 Å². The van der Waals surface area contributed by atoms with Crippen molar-refractivity contribution in [2.24, 2.45) is 0 Å². The van der Waals surface area contributed by atoms with Crippen molar-refractivity contribution in [2.75, 3.05) is 9.80 Å². The maximum Gasteiger partial charge on any atom is 0.160 e. The summed E-state index contributed by atoms with van der Waals surface area (Å²) >= 11 is 0. The van der Waals surface area contributed by atoms with E-state index in [-0.39, 0.29) is 0 Å². The Morgan fingerprint density at radius 3 is 1.11 bits per heavy atom. The molecule has 0 atom stereocenters. The lowest BCUT2D eigenvalue weighted by molar-refractivity contribution is 1.16. The van der Waals surface area contributed by atoms with Crippen LogP contribution in [0.3, 0.4) is 0 Å². The summed E-state index contributed by atoms with van der Waals surface area (Å²) in [6, 6.07) is 98.0. The number of aromatic nitrogens is 3. The number of rotatable bonds is 12. The van der Waals surface area contributed by atoms with Crippen molar-refractivity contribution in [3.63, 3.8) is 0 Å². The fourth-order valence-electron chi connectivity index (χ4n) is 11.5. The number of hydrogen-bond acceptors (Lipinski definition) is 4. The van der Waals surface area contributed by atoms with Crippen LogP contribution in [0.5, 0.6) is 0 Å². The van der Waals surface area contributed by atoms with E-state index in [1.165, 1.54) is 38.6 Å². The quantitative estimate of drug-likeness (QED) is 0.122. The molecule has 2 heterocycles. The zero-order chi connectivity index (χ0) is 53.4. The van der Waals surface area contributed by atoms with E-state index in [1.807, 2.05) is 0 Å². The number of aryl methyl sites for hydroxylation is 4. The Hall–Kier alpha value is -10.1. The molecule has 0 aliphatic heterocycles. The largest absolute Gasteiger partial charge is 0.310 e. The lowest BCUT2D eigenvalue weighted by Gasteiger charge is -2.26. The highest BCUT2D eigenvalue weighted by Gasteiger charge is 2.21. The fourth-order valence-corrected chi connectivity index (χ4v) is 11.5. The van der Waals surface area contributed by atoms with Gasteiger partial charge in [0.15, 0.2) is 5.82 Å². The van der Waals surface area contributed by atoms with Gasteiger partial charge in [-0.2, -0.15) is 0 Å². The number of anilines is 6. The Kier molecular flexibility index (Phi) is 12.8. The van der Waals surface area contributed by atoms with Crippen molar-refractivity contribution in [2.45, 2.75) is 27.7 Å². The van der Waals surface area contributed by atoms with Crippen molar-refractivity contribution in [3.8, 4) is 61.8 Å².